The van der Waals surface area contributed by atoms with Gasteiger partial charge in [-0.2, -0.15) is 0 Å². The van der Waals surface area contributed by atoms with Crippen LogP contribution in [-0.2, 0) is 0 Å². The minimum absolute atomic E-state index is 0.0348. The maximum Gasteiger partial charge on any atom is 0.295 e. The molecule has 4 aromatic rings. The Morgan fingerprint density at radius 1 is 1.03 bits per heavy atom. The highest BCUT2D eigenvalue weighted by molar-refractivity contribution is 6.32. The van der Waals surface area contributed by atoms with E-state index in [0.717, 1.165) is 23.1 Å². The van der Waals surface area contributed by atoms with Gasteiger partial charge in [0.05, 0.1) is 35.7 Å². The van der Waals surface area contributed by atoms with Crippen molar-refractivity contribution >= 4 is 34.2 Å². The third-order valence-electron chi connectivity index (χ3n) is 6.55. The molecule has 1 atom stereocenters. The van der Waals surface area contributed by atoms with Gasteiger partial charge >= 0.3 is 0 Å². The van der Waals surface area contributed by atoms with E-state index in [4.69, 9.17) is 25.5 Å². The Hall–Kier alpha value is -3.77. The molecule has 0 radical (unpaired) electrons. The Kier molecular flexibility index (Phi) is 6.22. The maximum atomic E-state index is 13.9. The predicted molar refractivity (Wildman–Crippen MR) is 141 cm³/mol. The minimum atomic E-state index is -0.718. The second-order valence-corrected chi connectivity index (χ2v) is 9.33. The van der Waals surface area contributed by atoms with Gasteiger partial charge in [0, 0.05) is 5.69 Å². The van der Waals surface area contributed by atoms with E-state index in [0.29, 0.717) is 45.3 Å². The first-order chi connectivity index (χ1) is 17.3. The predicted octanol–water partition coefficient (Wildman–Crippen LogP) is 6.61. The van der Waals surface area contributed by atoms with Crippen LogP contribution in [0.4, 0.5) is 5.69 Å². The summed E-state index contributed by atoms with van der Waals surface area (Å²) in [6.45, 7) is 6.49. The Morgan fingerprint density at radius 3 is 2.53 bits per heavy atom. The van der Waals surface area contributed by atoms with Crippen LogP contribution in [0.5, 0.6) is 11.5 Å². The number of halogens is 1. The van der Waals surface area contributed by atoms with E-state index < -0.39 is 11.9 Å². The summed E-state index contributed by atoms with van der Waals surface area (Å²) in [6, 6.07) is 15.5. The van der Waals surface area contributed by atoms with Crippen molar-refractivity contribution < 1.29 is 18.7 Å². The molecule has 0 saturated carbocycles. The van der Waals surface area contributed by atoms with Gasteiger partial charge in [-0.3, -0.25) is 14.5 Å². The summed E-state index contributed by atoms with van der Waals surface area (Å²) < 4.78 is 17.3. The lowest BCUT2D eigenvalue weighted by Gasteiger charge is -2.26. The van der Waals surface area contributed by atoms with Gasteiger partial charge in [0.2, 0.25) is 5.76 Å². The molecule has 5 rings (SSSR count). The number of hydrogen-bond acceptors (Lipinski definition) is 5. The Bertz CT molecular complexity index is 1560. The van der Waals surface area contributed by atoms with E-state index in [1.54, 1.807) is 29.2 Å². The third-order valence-corrected chi connectivity index (χ3v) is 6.84. The minimum Gasteiger partial charge on any atom is -0.495 e. The average molecular weight is 504 g/mol. The van der Waals surface area contributed by atoms with Crippen molar-refractivity contribution in [2.45, 2.75) is 33.2 Å². The molecule has 6 nitrogen and oxygen atoms in total. The lowest BCUT2D eigenvalue weighted by molar-refractivity contribution is 0.0971. The van der Waals surface area contributed by atoms with Crippen molar-refractivity contribution in [2.75, 3.05) is 18.6 Å². The largest absolute Gasteiger partial charge is 0.495 e. The second-order valence-electron chi connectivity index (χ2n) is 8.92. The molecule has 2 heterocycles. The number of benzene rings is 3. The van der Waals surface area contributed by atoms with Crippen LogP contribution < -0.4 is 19.8 Å². The first-order valence-electron chi connectivity index (χ1n) is 11.8. The van der Waals surface area contributed by atoms with Crippen LogP contribution in [0, 0.1) is 13.8 Å². The molecule has 1 aromatic heterocycles. The number of aryl methyl sites for hydroxylation is 2. The summed E-state index contributed by atoms with van der Waals surface area (Å²) in [4.78, 5) is 29.3. The molecule has 0 spiro atoms. The second kappa shape index (κ2) is 9.36. The van der Waals surface area contributed by atoms with Crippen molar-refractivity contribution in [2.24, 2.45) is 0 Å². The number of ether oxygens (including phenoxy) is 2. The Balaban J connectivity index is 1.77. The Labute approximate surface area is 214 Å². The van der Waals surface area contributed by atoms with Gasteiger partial charge in [0.1, 0.15) is 17.1 Å². The Morgan fingerprint density at radius 2 is 1.81 bits per heavy atom. The topological polar surface area (TPSA) is 69.0 Å². The molecular formula is C29H26ClNO5. The highest BCUT2D eigenvalue weighted by Gasteiger charge is 2.44. The summed E-state index contributed by atoms with van der Waals surface area (Å²) in [7, 11) is 1.53. The van der Waals surface area contributed by atoms with Gasteiger partial charge in [-0.15, -0.1) is 0 Å². The molecule has 0 aliphatic carbocycles. The van der Waals surface area contributed by atoms with Crippen molar-refractivity contribution in [1.29, 1.82) is 0 Å². The molecule has 3 aromatic carbocycles. The molecule has 1 amide bonds. The fourth-order valence-electron chi connectivity index (χ4n) is 4.61. The maximum absolute atomic E-state index is 13.9. The normalized spacial score (nSPS) is 14.9. The van der Waals surface area contributed by atoms with Crippen LogP contribution in [-0.4, -0.2) is 19.6 Å². The average Bonchev–Trinajstić information content (AvgIpc) is 3.16. The number of anilines is 1. The highest BCUT2D eigenvalue weighted by Crippen LogP contribution is 2.43. The fourth-order valence-corrected chi connectivity index (χ4v) is 4.86. The van der Waals surface area contributed by atoms with Crippen LogP contribution >= 0.6 is 11.6 Å². The first-order valence-corrected chi connectivity index (χ1v) is 12.2. The van der Waals surface area contributed by atoms with Crippen LogP contribution in [0.3, 0.4) is 0 Å². The number of methoxy groups -OCH3 is 1. The molecular weight excluding hydrogens is 478 g/mol. The number of carbonyl (C=O) groups excluding carboxylic acids is 1. The number of hydrogen-bond donors (Lipinski definition) is 0. The van der Waals surface area contributed by atoms with E-state index in [1.165, 1.54) is 7.11 Å². The van der Waals surface area contributed by atoms with E-state index >= 15 is 0 Å². The molecule has 0 saturated heterocycles. The number of amides is 1. The summed E-state index contributed by atoms with van der Waals surface area (Å²) in [5.74, 6) is 0.780. The van der Waals surface area contributed by atoms with Gasteiger partial charge in [-0.1, -0.05) is 30.7 Å². The molecule has 1 aliphatic rings. The lowest BCUT2D eigenvalue weighted by atomic mass is 9.97. The van der Waals surface area contributed by atoms with Gasteiger partial charge in [0.25, 0.3) is 5.91 Å². The molecule has 0 fully saturated rings. The number of fused-ring (bicyclic) bond motifs is 2. The highest BCUT2D eigenvalue weighted by atomic mass is 35.5. The number of nitrogens with zero attached hydrogens (tertiary/aromatic N) is 1. The van der Waals surface area contributed by atoms with Crippen molar-refractivity contribution in [3.05, 3.63) is 97.9 Å². The standard InChI is InChI=1S/C29H26ClNO5/c1-5-11-35-20-8-6-7-18(14-20)26-25-27(32)21-12-16(2)17(3)13-24(21)36-28(25)29(33)31(26)19-9-10-23(34-4)22(30)15-19/h6-10,12-15,26H,5,11H2,1-4H3. The van der Waals surface area contributed by atoms with Gasteiger partial charge in [0.15, 0.2) is 5.43 Å². The first kappa shape index (κ1) is 23.9. The summed E-state index contributed by atoms with van der Waals surface area (Å²) in [5.41, 5.74) is 3.68. The summed E-state index contributed by atoms with van der Waals surface area (Å²) >= 11 is 6.43. The zero-order valence-corrected chi connectivity index (χ0v) is 21.3. The zero-order chi connectivity index (χ0) is 25.6. The molecule has 0 bridgehead atoms. The summed E-state index contributed by atoms with van der Waals surface area (Å²) in [5, 5.41) is 0.802. The number of rotatable bonds is 6. The van der Waals surface area contributed by atoms with Crippen LogP contribution in [0.1, 0.15) is 52.2 Å². The SMILES string of the molecule is CCCOc1cccc(C2c3c(oc4cc(C)c(C)cc4c3=O)C(=O)N2c2ccc(OC)c(Cl)c2)c1. The fraction of sp³-hybridized carbons (Fsp3) is 0.241. The third kappa shape index (κ3) is 3.91. The van der Waals surface area contributed by atoms with Crippen molar-refractivity contribution in [3.63, 3.8) is 0 Å². The molecule has 184 valence electrons. The monoisotopic (exact) mass is 503 g/mol. The molecule has 0 N–H and O–H groups in total. The van der Waals surface area contributed by atoms with Gasteiger partial charge < -0.3 is 13.9 Å². The molecule has 1 unspecified atom stereocenters. The van der Waals surface area contributed by atoms with Gasteiger partial charge in [-0.05, 0) is 79.4 Å². The van der Waals surface area contributed by atoms with Crippen LogP contribution in [0.25, 0.3) is 11.0 Å². The lowest BCUT2D eigenvalue weighted by Crippen LogP contribution is -2.29. The smallest absolute Gasteiger partial charge is 0.295 e. The van der Waals surface area contributed by atoms with Crippen LogP contribution in [0.2, 0.25) is 5.02 Å². The van der Waals surface area contributed by atoms with E-state index in [2.05, 4.69) is 0 Å². The molecule has 36 heavy (non-hydrogen) atoms. The van der Waals surface area contributed by atoms with E-state index in [-0.39, 0.29) is 11.2 Å². The molecule has 1 aliphatic heterocycles. The van der Waals surface area contributed by atoms with Gasteiger partial charge in [-0.25, -0.2) is 0 Å². The zero-order valence-electron chi connectivity index (χ0n) is 20.6. The number of carbonyl (C=O) groups is 1. The summed E-state index contributed by atoms with van der Waals surface area (Å²) in [6.07, 6.45) is 0.861. The van der Waals surface area contributed by atoms with Crippen molar-refractivity contribution in [3.8, 4) is 11.5 Å². The quantitative estimate of drug-likeness (QED) is 0.296. The molecule has 7 heteroatoms. The van der Waals surface area contributed by atoms with E-state index in [9.17, 15) is 9.59 Å². The van der Waals surface area contributed by atoms with Crippen molar-refractivity contribution in [1.82, 2.24) is 0 Å². The van der Waals surface area contributed by atoms with E-state index in [1.807, 2.05) is 51.1 Å². The van der Waals surface area contributed by atoms with Crippen LogP contribution in [0.15, 0.2) is 63.8 Å².